The molecule has 0 heterocycles. The second-order valence-corrected chi connectivity index (χ2v) is 6.46. The van der Waals surface area contributed by atoms with Gasteiger partial charge in [-0.25, -0.2) is 0 Å². The summed E-state index contributed by atoms with van der Waals surface area (Å²) in [6, 6.07) is 7.19. The molecule has 0 radical (unpaired) electrons. The molecule has 25 heavy (non-hydrogen) atoms. The minimum Gasteiger partial charge on any atom is -0.326 e. The van der Waals surface area contributed by atoms with E-state index in [1.807, 2.05) is 6.92 Å². The summed E-state index contributed by atoms with van der Waals surface area (Å²) >= 11 is 0. The van der Waals surface area contributed by atoms with Crippen molar-refractivity contribution in [1.29, 1.82) is 0 Å². The zero-order chi connectivity index (χ0) is 17.9. The fourth-order valence-electron chi connectivity index (χ4n) is 2.88. The van der Waals surface area contributed by atoms with Crippen LogP contribution in [0.5, 0.6) is 0 Å². The second-order valence-electron chi connectivity index (χ2n) is 6.46. The van der Waals surface area contributed by atoms with Crippen molar-refractivity contribution in [2.75, 3.05) is 23.7 Å². The van der Waals surface area contributed by atoms with Crippen molar-refractivity contribution >= 4 is 23.2 Å². The lowest BCUT2D eigenvalue weighted by Crippen LogP contribution is -2.29. The summed E-state index contributed by atoms with van der Waals surface area (Å²) in [6.07, 6.45) is 9.71. The second kappa shape index (κ2) is 10.7. The first-order valence-electron chi connectivity index (χ1n) is 9.25. The van der Waals surface area contributed by atoms with Gasteiger partial charge in [-0.3, -0.25) is 9.59 Å². The Labute approximate surface area is 150 Å². The first kappa shape index (κ1) is 19.2. The Morgan fingerprint density at radius 1 is 1.00 bits per heavy atom. The molecule has 1 aromatic rings. The first-order valence-corrected chi connectivity index (χ1v) is 9.25. The van der Waals surface area contributed by atoms with Gasteiger partial charge >= 0.3 is 0 Å². The summed E-state index contributed by atoms with van der Waals surface area (Å²) in [7, 11) is 0. The normalized spacial score (nSPS) is 13.9. The highest BCUT2D eigenvalue weighted by molar-refractivity contribution is 5.93. The molecule has 0 unspecified atom stereocenters. The molecule has 1 aliphatic rings. The van der Waals surface area contributed by atoms with Crippen LogP contribution in [0.2, 0.25) is 0 Å². The third kappa shape index (κ3) is 7.52. The molecular formula is C20H29N3O2. The van der Waals surface area contributed by atoms with Crippen LogP contribution in [0.3, 0.4) is 0 Å². The number of hydrogen-bond donors (Lipinski definition) is 3. The van der Waals surface area contributed by atoms with E-state index in [2.05, 4.69) is 22.0 Å². The van der Waals surface area contributed by atoms with E-state index >= 15 is 0 Å². The fourth-order valence-corrected chi connectivity index (χ4v) is 2.88. The Morgan fingerprint density at radius 3 is 2.28 bits per heavy atom. The lowest BCUT2D eigenvalue weighted by atomic mass is 9.97. The number of nitrogens with one attached hydrogen (secondary N) is 3. The predicted molar refractivity (Wildman–Crippen MR) is 103 cm³/mol. The first-order chi connectivity index (χ1) is 12.2. The van der Waals surface area contributed by atoms with Gasteiger partial charge in [-0.05, 0) is 69.3 Å². The maximum absolute atomic E-state index is 12.0. The van der Waals surface area contributed by atoms with E-state index in [9.17, 15) is 9.59 Å². The van der Waals surface area contributed by atoms with Gasteiger partial charge in [0, 0.05) is 17.8 Å². The quantitative estimate of drug-likeness (QED) is 0.471. The van der Waals surface area contributed by atoms with E-state index < -0.39 is 0 Å². The Morgan fingerprint density at radius 2 is 1.68 bits per heavy atom. The third-order valence-corrected chi connectivity index (χ3v) is 4.22. The number of carbonyl (C=O) groups is 2. The van der Waals surface area contributed by atoms with Crippen molar-refractivity contribution in [3.05, 3.63) is 35.9 Å². The Bertz CT molecular complexity index is 593. The smallest absolute Gasteiger partial charge is 0.238 e. The molecule has 2 amide bonds. The molecule has 0 saturated heterocycles. The number of amides is 2. The van der Waals surface area contributed by atoms with Crippen molar-refractivity contribution in [3.63, 3.8) is 0 Å². The summed E-state index contributed by atoms with van der Waals surface area (Å²) in [4.78, 5) is 23.5. The SMILES string of the molecule is CCCC(=O)Nc1ccc(NC(=O)CNCCC2=CCCCC2)cc1. The molecule has 0 spiro atoms. The highest BCUT2D eigenvalue weighted by Crippen LogP contribution is 2.19. The average Bonchev–Trinajstić information content (AvgIpc) is 2.61. The van der Waals surface area contributed by atoms with E-state index in [1.54, 1.807) is 24.3 Å². The maximum atomic E-state index is 12.0. The summed E-state index contributed by atoms with van der Waals surface area (Å²) in [5.74, 6) is -0.0445. The van der Waals surface area contributed by atoms with Crippen LogP contribution >= 0.6 is 0 Å². The molecule has 0 fully saturated rings. The van der Waals surface area contributed by atoms with Gasteiger partial charge in [0.1, 0.15) is 0 Å². The summed E-state index contributed by atoms with van der Waals surface area (Å²) in [5.41, 5.74) is 2.99. The van der Waals surface area contributed by atoms with Crippen molar-refractivity contribution in [2.45, 2.75) is 51.9 Å². The zero-order valence-electron chi connectivity index (χ0n) is 15.1. The molecule has 0 saturated carbocycles. The molecular weight excluding hydrogens is 314 g/mol. The van der Waals surface area contributed by atoms with Gasteiger partial charge in [0.25, 0.3) is 0 Å². The molecule has 5 heteroatoms. The highest BCUT2D eigenvalue weighted by Gasteiger charge is 2.05. The monoisotopic (exact) mass is 343 g/mol. The lowest BCUT2D eigenvalue weighted by molar-refractivity contribution is -0.116. The molecule has 3 N–H and O–H groups in total. The zero-order valence-corrected chi connectivity index (χ0v) is 15.1. The third-order valence-electron chi connectivity index (χ3n) is 4.22. The van der Waals surface area contributed by atoms with E-state index in [1.165, 1.54) is 31.3 Å². The van der Waals surface area contributed by atoms with Crippen LogP contribution in [-0.2, 0) is 9.59 Å². The number of hydrogen-bond acceptors (Lipinski definition) is 3. The molecule has 1 aromatic carbocycles. The minimum absolute atomic E-state index is 0.0107. The van der Waals surface area contributed by atoms with Crippen LogP contribution in [0.15, 0.2) is 35.9 Å². The van der Waals surface area contributed by atoms with E-state index in [-0.39, 0.29) is 11.8 Å². The Hall–Kier alpha value is -2.14. The number of rotatable bonds is 9. The molecule has 0 bridgehead atoms. The average molecular weight is 343 g/mol. The van der Waals surface area contributed by atoms with Gasteiger partial charge in [-0.1, -0.05) is 18.6 Å². The van der Waals surface area contributed by atoms with E-state index in [0.29, 0.717) is 13.0 Å². The lowest BCUT2D eigenvalue weighted by Gasteiger charge is -2.13. The number of carbonyl (C=O) groups excluding carboxylic acids is 2. The van der Waals surface area contributed by atoms with Crippen molar-refractivity contribution in [3.8, 4) is 0 Å². The molecule has 136 valence electrons. The highest BCUT2D eigenvalue weighted by atomic mass is 16.2. The predicted octanol–water partition coefficient (Wildman–Crippen LogP) is 3.84. The van der Waals surface area contributed by atoms with Gasteiger partial charge in [0.05, 0.1) is 6.54 Å². The van der Waals surface area contributed by atoms with Gasteiger partial charge < -0.3 is 16.0 Å². The van der Waals surface area contributed by atoms with Crippen molar-refractivity contribution in [2.24, 2.45) is 0 Å². The van der Waals surface area contributed by atoms with Crippen LogP contribution in [0, 0.1) is 0 Å². The topological polar surface area (TPSA) is 70.2 Å². The number of allylic oxidation sites excluding steroid dienone is 1. The van der Waals surface area contributed by atoms with Gasteiger partial charge in [0.15, 0.2) is 0 Å². The number of benzene rings is 1. The minimum atomic E-state index is -0.0552. The molecule has 5 nitrogen and oxygen atoms in total. The van der Waals surface area contributed by atoms with Crippen LogP contribution in [0.4, 0.5) is 11.4 Å². The molecule has 0 atom stereocenters. The fraction of sp³-hybridized carbons (Fsp3) is 0.500. The van der Waals surface area contributed by atoms with Gasteiger partial charge in [-0.15, -0.1) is 0 Å². The standard InChI is InChI=1S/C20H29N3O2/c1-2-6-19(24)22-17-9-11-18(12-10-17)23-20(25)15-21-14-13-16-7-4-3-5-8-16/h7,9-12,21H,2-6,8,13-15H2,1H3,(H,22,24)(H,23,25). The molecule has 2 rings (SSSR count). The van der Waals surface area contributed by atoms with Crippen molar-refractivity contribution < 1.29 is 9.59 Å². The van der Waals surface area contributed by atoms with E-state index in [0.717, 1.165) is 30.8 Å². The van der Waals surface area contributed by atoms with Crippen molar-refractivity contribution in [1.82, 2.24) is 5.32 Å². The summed E-state index contributed by atoms with van der Waals surface area (Å²) in [5, 5.41) is 8.88. The van der Waals surface area contributed by atoms with Gasteiger partial charge in [0.2, 0.25) is 11.8 Å². The summed E-state index contributed by atoms with van der Waals surface area (Å²) in [6.45, 7) is 3.11. The molecule has 1 aliphatic carbocycles. The Balaban J connectivity index is 1.66. The van der Waals surface area contributed by atoms with Crippen LogP contribution in [0.1, 0.15) is 51.9 Å². The molecule has 0 aromatic heterocycles. The van der Waals surface area contributed by atoms with Crippen LogP contribution in [-0.4, -0.2) is 24.9 Å². The Kier molecular flexibility index (Phi) is 8.19. The van der Waals surface area contributed by atoms with Crippen LogP contribution in [0.25, 0.3) is 0 Å². The number of anilines is 2. The van der Waals surface area contributed by atoms with E-state index in [4.69, 9.17) is 0 Å². The van der Waals surface area contributed by atoms with Gasteiger partial charge in [-0.2, -0.15) is 0 Å². The maximum Gasteiger partial charge on any atom is 0.238 e. The molecule has 0 aliphatic heterocycles. The largest absolute Gasteiger partial charge is 0.326 e. The van der Waals surface area contributed by atoms with Crippen LogP contribution < -0.4 is 16.0 Å². The summed E-state index contributed by atoms with van der Waals surface area (Å²) < 4.78 is 0.